The van der Waals surface area contributed by atoms with Crippen LogP contribution in [-0.2, 0) is 9.53 Å². The van der Waals surface area contributed by atoms with Crippen LogP contribution in [0.5, 0.6) is 0 Å². The quantitative estimate of drug-likeness (QED) is 0.392. The minimum Gasteiger partial charge on any atom is -0.393 e. The number of nitrogens with one attached hydrogen (secondary N) is 2. The van der Waals surface area contributed by atoms with E-state index in [2.05, 4.69) is 37.5 Å². The molecule has 182 valence electrons. The van der Waals surface area contributed by atoms with E-state index >= 15 is 0 Å². The van der Waals surface area contributed by atoms with E-state index in [1.54, 1.807) is 10.7 Å². The first-order valence-electron chi connectivity index (χ1n) is 12.2. The molecule has 1 aliphatic carbocycles. The molecule has 4 aromatic rings. The van der Waals surface area contributed by atoms with Gasteiger partial charge in [0.15, 0.2) is 5.65 Å². The van der Waals surface area contributed by atoms with Crippen molar-refractivity contribution in [2.75, 3.05) is 30.9 Å². The Morgan fingerprint density at radius 3 is 2.83 bits per heavy atom. The van der Waals surface area contributed by atoms with Crippen LogP contribution < -0.4 is 10.6 Å². The summed E-state index contributed by atoms with van der Waals surface area (Å²) in [6, 6.07) is 6.30. The number of hydrogen-bond donors (Lipinski definition) is 3. The van der Waals surface area contributed by atoms with Crippen LogP contribution in [0.1, 0.15) is 38.1 Å². The number of aliphatic hydroxyl groups excluding tert-OH is 1. The van der Waals surface area contributed by atoms with Crippen molar-refractivity contribution in [2.45, 2.75) is 44.2 Å². The molecule has 0 radical (unpaired) electrons. The van der Waals surface area contributed by atoms with Crippen LogP contribution in [0, 0.1) is 5.92 Å². The summed E-state index contributed by atoms with van der Waals surface area (Å²) in [7, 11) is 1.84. The lowest BCUT2D eigenvalue weighted by molar-refractivity contribution is -0.119. The Bertz CT molecular complexity index is 1390. The Labute approximate surface area is 202 Å². The zero-order chi connectivity index (χ0) is 23.9. The van der Waals surface area contributed by atoms with Gasteiger partial charge in [0.2, 0.25) is 5.91 Å². The van der Waals surface area contributed by atoms with E-state index in [-0.39, 0.29) is 17.9 Å². The molecule has 0 unspecified atom stereocenters. The fourth-order valence-electron chi connectivity index (χ4n) is 5.12. The topological polar surface area (TPSA) is 119 Å². The first-order chi connectivity index (χ1) is 17.1. The minimum absolute atomic E-state index is 0.0250. The normalized spacial score (nSPS) is 20.7. The van der Waals surface area contributed by atoms with E-state index in [4.69, 9.17) is 9.72 Å². The van der Waals surface area contributed by atoms with Gasteiger partial charge in [-0.05, 0) is 43.7 Å². The third-order valence-electron chi connectivity index (χ3n) is 7.28. The molecule has 1 saturated heterocycles. The fourth-order valence-corrected chi connectivity index (χ4v) is 5.12. The number of anilines is 2. The lowest BCUT2D eigenvalue weighted by atomic mass is 9.79. The lowest BCUT2D eigenvalue weighted by Gasteiger charge is -2.31. The molecule has 6 rings (SSSR count). The molecular formula is C25H29N7O3. The maximum atomic E-state index is 12.6. The summed E-state index contributed by atoms with van der Waals surface area (Å²) in [5.74, 6) is 0.648. The van der Waals surface area contributed by atoms with E-state index in [0.717, 1.165) is 67.0 Å². The second-order valence-corrected chi connectivity index (χ2v) is 9.40. The Balaban J connectivity index is 1.40. The molecule has 2 fully saturated rings. The van der Waals surface area contributed by atoms with Crippen LogP contribution in [0.2, 0.25) is 0 Å². The van der Waals surface area contributed by atoms with Crippen molar-refractivity contribution < 1.29 is 14.6 Å². The highest BCUT2D eigenvalue weighted by atomic mass is 16.5. The number of pyridine rings is 1. The van der Waals surface area contributed by atoms with Crippen LogP contribution in [0.25, 0.3) is 27.9 Å². The van der Waals surface area contributed by atoms with Crippen molar-refractivity contribution in [1.29, 1.82) is 0 Å². The van der Waals surface area contributed by atoms with Crippen LogP contribution in [-0.4, -0.2) is 61.5 Å². The number of amides is 1. The van der Waals surface area contributed by atoms with E-state index in [1.165, 1.54) is 0 Å². The Morgan fingerprint density at radius 2 is 2.09 bits per heavy atom. The van der Waals surface area contributed by atoms with Crippen molar-refractivity contribution >= 4 is 34.1 Å². The third kappa shape index (κ3) is 3.92. The summed E-state index contributed by atoms with van der Waals surface area (Å²) >= 11 is 0. The molecule has 0 bridgehead atoms. The molecule has 1 saturated carbocycles. The van der Waals surface area contributed by atoms with Gasteiger partial charge in [0.25, 0.3) is 0 Å². The molecule has 0 spiro atoms. The van der Waals surface area contributed by atoms with E-state index in [1.807, 2.05) is 25.4 Å². The Kier molecular flexibility index (Phi) is 5.62. The van der Waals surface area contributed by atoms with Gasteiger partial charge >= 0.3 is 0 Å². The van der Waals surface area contributed by atoms with Crippen molar-refractivity contribution in [3.63, 3.8) is 0 Å². The highest BCUT2D eigenvalue weighted by molar-refractivity contribution is 5.96. The average molecular weight is 476 g/mol. The van der Waals surface area contributed by atoms with Crippen molar-refractivity contribution in [2.24, 2.45) is 5.92 Å². The lowest BCUT2D eigenvalue weighted by Crippen LogP contribution is -2.34. The summed E-state index contributed by atoms with van der Waals surface area (Å²) < 4.78 is 9.51. The molecule has 4 aromatic heterocycles. The van der Waals surface area contributed by atoms with Gasteiger partial charge in [-0.25, -0.2) is 9.97 Å². The first kappa shape index (κ1) is 22.0. The number of fused-ring (bicyclic) bond motifs is 2. The van der Waals surface area contributed by atoms with Gasteiger partial charge < -0.3 is 25.0 Å². The molecule has 2 atom stereocenters. The van der Waals surface area contributed by atoms with Gasteiger partial charge in [-0.2, -0.15) is 9.61 Å². The van der Waals surface area contributed by atoms with E-state index in [0.29, 0.717) is 23.8 Å². The Hall–Kier alpha value is -3.50. The number of ether oxygens (including phenoxy) is 1. The van der Waals surface area contributed by atoms with Crippen LogP contribution in [0.4, 0.5) is 11.5 Å². The number of rotatable bonds is 6. The number of nitrogens with zero attached hydrogens (tertiary/aromatic N) is 5. The van der Waals surface area contributed by atoms with Gasteiger partial charge in [-0.3, -0.25) is 4.79 Å². The first-order valence-corrected chi connectivity index (χ1v) is 12.2. The summed E-state index contributed by atoms with van der Waals surface area (Å²) in [6.07, 6.45) is 9.02. The van der Waals surface area contributed by atoms with E-state index < -0.39 is 0 Å². The standard InChI is InChI=1S/C25H29N7O3/c1-26-22-12-19(18-14-31(16-6-9-35-10-7-16)24-17(18)3-2-8-27-24)30-25-20(13-28-32(22)25)29-23(34)11-15-4-5-21(15)33/h2-3,8,12-16,21,26,33H,4-7,9-11H2,1H3,(H,29,34)/t15-,21-/m1/s1. The number of hydrogen-bond acceptors (Lipinski definition) is 7. The summed E-state index contributed by atoms with van der Waals surface area (Å²) in [5, 5.41) is 21.5. The maximum absolute atomic E-state index is 12.6. The highest BCUT2D eigenvalue weighted by Gasteiger charge is 2.31. The van der Waals surface area contributed by atoms with Gasteiger partial charge in [0.05, 0.1) is 18.0 Å². The molecule has 10 nitrogen and oxygen atoms in total. The molecule has 2 aliphatic rings. The van der Waals surface area contributed by atoms with Gasteiger partial charge in [0.1, 0.15) is 17.2 Å². The number of carbonyl (C=O) groups excluding carboxylic acids is 1. The average Bonchev–Trinajstić information content (AvgIpc) is 3.48. The molecule has 1 amide bonds. The zero-order valence-electron chi connectivity index (χ0n) is 19.6. The van der Waals surface area contributed by atoms with Crippen LogP contribution >= 0.6 is 0 Å². The van der Waals surface area contributed by atoms with E-state index in [9.17, 15) is 9.90 Å². The molecule has 3 N–H and O–H groups in total. The van der Waals surface area contributed by atoms with Crippen molar-refractivity contribution in [1.82, 2.24) is 24.1 Å². The van der Waals surface area contributed by atoms with Crippen molar-refractivity contribution in [3.8, 4) is 11.3 Å². The number of carbonyl (C=O) groups is 1. The molecule has 1 aliphatic heterocycles. The zero-order valence-corrected chi connectivity index (χ0v) is 19.6. The maximum Gasteiger partial charge on any atom is 0.224 e. The largest absolute Gasteiger partial charge is 0.393 e. The number of aliphatic hydroxyl groups is 1. The van der Waals surface area contributed by atoms with Gasteiger partial charge in [0, 0.05) is 62.1 Å². The monoisotopic (exact) mass is 475 g/mol. The highest BCUT2D eigenvalue weighted by Crippen LogP contribution is 2.35. The SMILES string of the molecule is CNc1cc(-c2cn(C3CCOCC3)c3ncccc23)nc2c(NC(=O)C[C@H]3CC[C@H]3O)cnn12. The summed E-state index contributed by atoms with van der Waals surface area (Å²) in [4.78, 5) is 22.3. The fraction of sp³-hybridized carbons (Fsp3) is 0.440. The van der Waals surface area contributed by atoms with Crippen molar-refractivity contribution in [3.05, 3.63) is 36.8 Å². The molecule has 5 heterocycles. The summed E-state index contributed by atoms with van der Waals surface area (Å²) in [6.45, 7) is 1.49. The predicted molar refractivity (Wildman–Crippen MR) is 132 cm³/mol. The number of aromatic nitrogens is 5. The molecule has 10 heteroatoms. The van der Waals surface area contributed by atoms with Crippen LogP contribution in [0.3, 0.4) is 0 Å². The summed E-state index contributed by atoms with van der Waals surface area (Å²) in [5.41, 5.74) is 3.80. The Morgan fingerprint density at radius 1 is 1.23 bits per heavy atom. The van der Waals surface area contributed by atoms with Gasteiger partial charge in [-0.1, -0.05) is 0 Å². The minimum atomic E-state index is -0.382. The second-order valence-electron chi connectivity index (χ2n) is 9.40. The van der Waals surface area contributed by atoms with Crippen LogP contribution in [0.15, 0.2) is 36.8 Å². The molecule has 0 aromatic carbocycles. The predicted octanol–water partition coefficient (Wildman–Crippen LogP) is 3.24. The van der Waals surface area contributed by atoms with Gasteiger partial charge in [-0.15, -0.1) is 0 Å². The molecular weight excluding hydrogens is 446 g/mol. The smallest absolute Gasteiger partial charge is 0.224 e. The molecule has 35 heavy (non-hydrogen) atoms. The second kappa shape index (κ2) is 8.94. The third-order valence-corrected chi connectivity index (χ3v) is 7.28.